The largest absolute Gasteiger partial charge is 0.460 e. The van der Waals surface area contributed by atoms with Crippen molar-refractivity contribution < 1.29 is 9.47 Å². The predicted molar refractivity (Wildman–Crippen MR) is 86.0 cm³/mol. The van der Waals surface area contributed by atoms with E-state index in [1.54, 1.807) is 0 Å². The van der Waals surface area contributed by atoms with Gasteiger partial charge in [-0.25, -0.2) is 0 Å². The van der Waals surface area contributed by atoms with E-state index in [1.165, 1.54) is 6.42 Å². The Hall–Kier alpha value is -1.76. The fourth-order valence-electron chi connectivity index (χ4n) is 2.97. The highest BCUT2D eigenvalue weighted by molar-refractivity contribution is 5.80. The maximum atomic E-state index is 6.05. The minimum Gasteiger partial charge on any atom is -0.460 e. The third-order valence-corrected chi connectivity index (χ3v) is 4.10. The second kappa shape index (κ2) is 6.56. The number of hydrogen-bond acceptors (Lipinski definition) is 7. The summed E-state index contributed by atoms with van der Waals surface area (Å²) in [6.07, 6.45) is 5.47. The molecule has 0 aromatic carbocycles. The lowest BCUT2D eigenvalue weighted by Gasteiger charge is -2.31. The fraction of sp³-hybridized carbons (Fsp3) is 0.733. The molecular weight excluding hydrogens is 282 g/mol. The highest BCUT2D eigenvalue weighted by atomic mass is 16.5. The molecule has 2 atom stereocenters. The number of nitrogen functional groups attached to an aromatic ring is 1. The molecule has 1 fully saturated rings. The van der Waals surface area contributed by atoms with E-state index in [0.29, 0.717) is 18.5 Å². The molecule has 3 heterocycles. The van der Waals surface area contributed by atoms with Crippen molar-refractivity contribution in [1.82, 2.24) is 9.97 Å². The normalized spacial score (nSPS) is 22.1. The molecule has 0 radical (unpaired) electrons. The van der Waals surface area contributed by atoms with Gasteiger partial charge in [-0.1, -0.05) is 13.3 Å². The molecule has 2 aliphatic rings. The van der Waals surface area contributed by atoms with Gasteiger partial charge in [0.15, 0.2) is 11.6 Å². The molecule has 2 unspecified atom stereocenters. The number of nitrogens with two attached hydrogens (primary N) is 1. The van der Waals surface area contributed by atoms with Crippen LogP contribution in [0, 0.1) is 0 Å². The van der Waals surface area contributed by atoms with Crippen LogP contribution in [0.4, 0.5) is 17.3 Å². The van der Waals surface area contributed by atoms with Crippen molar-refractivity contribution in [2.24, 2.45) is 0 Å². The first-order valence-corrected chi connectivity index (χ1v) is 8.15. The van der Waals surface area contributed by atoms with Crippen LogP contribution >= 0.6 is 0 Å². The second-order valence-corrected chi connectivity index (χ2v) is 5.93. The van der Waals surface area contributed by atoms with Crippen LogP contribution in [0.25, 0.3) is 0 Å². The first-order chi connectivity index (χ1) is 10.7. The summed E-state index contributed by atoms with van der Waals surface area (Å²) >= 11 is 0. The van der Waals surface area contributed by atoms with Crippen molar-refractivity contribution in [3.8, 4) is 6.01 Å². The Kier molecular flexibility index (Phi) is 4.52. The van der Waals surface area contributed by atoms with E-state index >= 15 is 0 Å². The number of aromatic nitrogens is 2. The van der Waals surface area contributed by atoms with E-state index in [1.807, 2.05) is 6.92 Å². The lowest BCUT2D eigenvalue weighted by Crippen LogP contribution is -2.39. The van der Waals surface area contributed by atoms with E-state index in [2.05, 4.69) is 27.1 Å². The zero-order chi connectivity index (χ0) is 15.5. The second-order valence-electron chi connectivity index (χ2n) is 5.93. The maximum Gasteiger partial charge on any atom is 0.320 e. The molecule has 0 spiro atoms. The molecule has 0 amide bonds. The standard InChI is InChI=1S/C15H25N5O2/c1-3-6-10(2)22-15-18-13(16)12-14(19-15)20(9-17-12)11-7-4-5-8-21-11/h10-11,17H,3-9H2,1-2H3,(H2,16,18,19). The van der Waals surface area contributed by atoms with Crippen molar-refractivity contribution in [3.05, 3.63) is 0 Å². The van der Waals surface area contributed by atoms with Gasteiger partial charge in [0, 0.05) is 6.61 Å². The summed E-state index contributed by atoms with van der Waals surface area (Å²) in [7, 11) is 0. The maximum absolute atomic E-state index is 6.05. The molecule has 7 nitrogen and oxygen atoms in total. The van der Waals surface area contributed by atoms with Crippen LogP contribution in [0.2, 0.25) is 0 Å². The van der Waals surface area contributed by atoms with Gasteiger partial charge in [0.1, 0.15) is 11.9 Å². The molecule has 7 heteroatoms. The summed E-state index contributed by atoms with van der Waals surface area (Å²) in [4.78, 5) is 10.9. The van der Waals surface area contributed by atoms with Gasteiger partial charge >= 0.3 is 6.01 Å². The molecule has 2 aliphatic heterocycles. The van der Waals surface area contributed by atoms with Crippen LogP contribution < -0.4 is 20.7 Å². The Morgan fingerprint density at radius 1 is 1.45 bits per heavy atom. The number of rotatable bonds is 5. The van der Waals surface area contributed by atoms with Crippen molar-refractivity contribution in [2.75, 3.05) is 29.2 Å². The Morgan fingerprint density at radius 2 is 2.32 bits per heavy atom. The Labute approximate surface area is 131 Å². The monoisotopic (exact) mass is 307 g/mol. The number of anilines is 3. The van der Waals surface area contributed by atoms with E-state index < -0.39 is 0 Å². The molecule has 3 rings (SSSR count). The minimum absolute atomic E-state index is 0.0534. The number of nitrogens with one attached hydrogen (secondary N) is 1. The molecule has 0 aliphatic carbocycles. The van der Waals surface area contributed by atoms with Crippen LogP contribution in [-0.4, -0.2) is 35.6 Å². The van der Waals surface area contributed by atoms with Crippen LogP contribution in [0.15, 0.2) is 0 Å². The first kappa shape index (κ1) is 15.1. The number of fused-ring (bicyclic) bond motifs is 1. The van der Waals surface area contributed by atoms with Crippen LogP contribution in [0.1, 0.15) is 46.0 Å². The molecule has 0 saturated carbocycles. The SMILES string of the molecule is CCCC(C)Oc1nc(N)c2c(n1)N(C1CCCCO1)CN2. The van der Waals surface area contributed by atoms with Crippen LogP contribution in [0.3, 0.4) is 0 Å². The smallest absolute Gasteiger partial charge is 0.320 e. The zero-order valence-corrected chi connectivity index (χ0v) is 13.3. The van der Waals surface area contributed by atoms with Crippen molar-refractivity contribution in [3.63, 3.8) is 0 Å². The lowest BCUT2D eigenvalue weighted by atomic mass is 10.2. The zero-order valence-electron chi connectivity index (χ0n) is 13.3. The van der Waals surface area contributed by atoms with Gasteiger partial charge in [0.25, 0.3) is 0 Å². The Morgan fingerprint density at radius 3 is 3.05 bits per heavy atom. The van der Waals surface area contributed by atoms with Gasteiger partial charge in [0.2, 0.25) is 0 Å². The molecule has 3 N–H and O–H groups in total. The van der Waals surface area contributed by atoms with Crippen molar-refractivity contribution >= 4 is 17.3 Å². The summed E-state index contributed by atoms with van der Waals surface area (Å²) in [5, 5.41) is 3.26. The lowest BCUT2D eigenvalue weighted by molar-refractivity contribution is 0.0155. The topological polar surface area (TPSA) is 85.5 Å². The molecule has 1 aromatic rings. The van der Waals surface area contributed by atoms with Gasteiger partial charge in [-0.15, -0.1) is 0 Å². The van der Waals surface area contributed by atoms with E-state index in [4.69, 9.17) is 15.2 Å². The highest BCUT2D eigenvalue weighted by Gasteiger charge is 2.32. The molecular formula is C15H25N5O2. The fourth-order valence-corrected chi connectivity index (χ4v) is 2.97. The van der Waals surface area contributed by atoms with Gasteiger partial charge in [-0.05, 0) is 32.6 Å². The molecule has 22 heavy (non-hydrogen) atoms. The Balaban J connectivity index is 1.81. The average molecular weight is 307 g/mol. The van der Waals surface area contributed by atoms with Gasteiger partial charge in [-0.3, -0.25) is 0 Å². The number of nitrogens with zero attached hydrogens (tertiary/aromatic N) is 3. The highest BCUT2D eigenvalue weighted by Crippen LogP contribution is 2.37. The summed E-state index contributed by atoms with van der Waals surface area (Å²) in [6.45, 7) is 5.60. The number of ether oxygens (including phenoxy) is 2. The first-order valence-electron chi connectivity index (χ1n) is 8.15. The molecule has 1 aromatic heterocycles. The third-order valence-electron chi connectivity index (χ3n) is 4.10. The van der Waals surface area contributed by atoms with Crippen molar-refractivity contribution in [2.45, 2.75) is 58.3 Å². The van der Waals surface area contributed by atoms with E-state index in [-0.39, 0.29) is 12.3 Å². The average Bonchev–Trinajstić information content (AvgIpc) is 2.92. The summed E-state index contributed by atoms with van der Waals surface area (Å²) < 4.78 is 11.7. The Bertz CT molecular complexity index is 519. The van der Waals surface area contributed by atoms with Gasteiger partial charge < -0.3 is 25.4 Å². The molecule has 122 valence electrons. The minimum atomic E-state index is 0.0534. The molecule has 0 bridgehead atoms. The summed E-state index contributed by atoms with van der Waals surface area (Å²) in [5.41, 5.74) is 6.84. The third kappa shape index (κ3) is 3.04. The quantitative estimate of drug-likeness (QED) is 0.863. The van der Waals surface area contributed by atoms with Crippen LogP contribution in [-0.2, 0) is 4.74 Å². The van der Waals surface area contributed by atoms with Gasteiger partial charge in [0.05, 0.1) is 12.8 Å². The van der Waals surface area contributed by atoms with E-state index in [0.717, 1.165) is 43.8 Å². The summed E-state index contributed by atoms with van der Waals surface area (Å²) in [6, 6.07) is 0.349. The van der Waals surface area contributed by atoms with E-state index in [9.17, 15) is 0 Å². The van der Waals surface area contributed by atoms with Crippen molar-refractivity contribution in [1.29, 1.82) is 0 Å². The number of hydrogen-bond donors (Lipinski definition) is 2. The molecule has 1 saturated heterocycles. The van der Waals surface area contributed by atoms with Gasteiger partial charge in [-0.2, -0.15) is 9.97 Å². The van der Waals surface area contributed by atoms with Crippen LogP contribution in [0.5, 0.6) is 6.01 Å². The predicted octanol–water partition coefficient (Wildman–Crippen LogP) is 2.34. The summed E-state index contributed by atoms with van der Waals surface area (Å²) in [5.74, 6) is 1.22.